The van der Waals surface area contributed by atoms with Crippen molar-refractivity contribution in [2.75, 3.05) is 32.7 Å². The lowest BCUT2D eigenvalue weighted by molar-refractivity contribution is -0.131. The van der Waals surface area contributed by atoms with E-state index >= 15 is 0 Å². The van der Waals surface area contributed by atoms with E-state index in [1.165, 1.54) is 11.1 Å². The van der Waals surface area contributed by atoms with Gasteiger partial charge in [-0.05, 0) is 31.5 Å². The molecule has 0 aliphatic carbocycles. The van der Waals surface area contributed by atoms with E-state index < -0.39 is 0 Å². The first kappa shape index (κ1) is 19.7. The summed E-state index contributed by atoms with van der Waals surface area (Å²) < 4.78 is 0. The molecule has 4 heteroatoms. The Hall–Kier alpha value is -2.04. The van der Waals surface area contributed by atoms with Crippen molar-refractivity contribution < 1.29 is 4.79 Å². The molecule has 0 bridgehead atoms. The van der Waals surface area contributed by atoms with Crippen LogP contribution in [0.25, 0.3) is 6.08 Å². The van der Waals surface area contributed by atoms with Gasteiger partial charge in [-0.3, -0.25) is 9.69 Å². The van der Waals surface area contributed by atoms with E-state index in [1.54, 1.807) is 11.8 Å². The van der Waals surface area contributed by atoms with Gasteiger partial charge in [-0.1, -0.05) is 60.2 Å². The summed E-state index contributed by atoms with van der Waals surface area (Å²) >= 11 is 1.65. The molecule has 0 radical (unpaired) electrons. The number of thioether (sulfide) groups is 1. The molecule has 0 N–H and O–H groups in total. The van der Waals surface area contributed by atoms with Gasteiger partial charge in [-0.2, -0.15) is 0 Å². The van der Waals surface area contributed by atoms with Crippen LogP contribution in [0.2, 0.25) is 0 Å². The van der Waals surface area contributed by atoms with Crippen LogP contribution in [0.1, 0.15) is 18.1 Å². The Kier molecular flexibility index (Phi) is 7.13. The summed E-state index contributed by atoms with van der Waals surface area (Å²) in [6, 6.07) is 18.8. The molecule has 1 aliphatic rings. The molecular formula is C23H28N2OS. The second kappa shape index (κ2) is 9.77. The van der Waals surface area contributed by atoms with E-state index in [4.69, 9.17) is 0 Å². The van der Waals surface area contributed by atoms with Crippen LogP contribution >= 0.6 is 11.8 Å². The summed E-state index contributed by atoms with van der Waals surface area (Å²) in [7, 11) is 0. The van der Waals surface area contributed by atoms with Crippen LogP contribution in [0.4, 0.5) is 0 Å². The van der Waals surface area contributed by atoms with Crippen LogP contribution in [0.3, 0.4) is 0 Å². The number of amides is 1. The average Bonchev–Trinajstić information content (AvgIpc) is 2.70. The minimum atomic E-state index is -0.0442. The summed E-state index contributed by atoms with van der Waals surface area (Å²) in [5.74, 6) is 0.250. The summed E-state index contributed by atoms with van der Waals surface area (Å²) in [4.78, 5) is 18.3. The average molecular weight is 381 g/mol. The van der Waals surface area contributed by atoms with Crippen molar-refractivity contribution in [1.29, 1.82) is 0 Å². The zero-order chi connectivity index (χ0) is 19.1. The van der Waals surface area contributed by atoms with Crippen LogP contribution in [0, 0.1) is 6.92 Å². The lowest BCUT2D eigenvalue weighted by atomic mass is 10.2. The first-order chi connectivity index (χ1) is 13.1. The highest BCUT2D eigenvalue weighted by atomic mass is 32.2. The molecule has 0 unspecified atom stereocenters. The third kappa shape index (κ3) is 5.98. The first-order valence-electron chi connectivity index (χ1n) is 9.58. The van der Waals surface area contributed by atoms with Gasteiger partial charge < -0.3 is 4.90 Å². The molecule has 1 atom stereocenters. The summed E-state index contributed by atoms with van der Waals surface area (Å²) in [5.41, 5.74) is 2.48. The first-order valence-corrected chi connectivity index (χ1v) is 10.5. The molecule has 2 aromatic rings. The zero-order valence-corrected chi connectivity index (χ0v) is 17.0. The van der Waals surface area contributed by atoms with Crippen molar-refractivity contribution >= 4 is 23.7 Å². The van der Waals surface area contributed by atoms with Gasteiger partial charge in [0.05, 0.1) is 5.25 Å². The van der Waals surface area contributed by atoms with E-state index in [0.717, 1.165) is 37.6 Å². The predicted molar refractivity (Wildman–Crippen MR) is 115 cm³/mol. The van der Waals surface area contributed by atoms with Crippen molar-refractivity contribution in [3.63, 3.8) is 0 Å². The van der Waals surface area contributed by atoms with E-state index in [0.29, 0.717) is 0 Å². The van der Waals surface area contributed by atoms with Crippen molar-refractivity contribution in [3.8, 4) is 0 Å². The molecule has 1 aliphatic heterocycles. The Morgan fingerprint density at radius 2 is 1.70 bits per heavy atom. The molecular weight excluding hydrogens is 352 g/mol. The zero-order valence-electron chi connectivity index (χ0n) is 16.2. The van der Waals surface area contributed by atoms with Gasteiger partial charge in [0.1, 0.15) is 0 Å². The van der Waals surface area contributed by atoms with Gasteiger partial charge in [0.2, 0.25) is 5.91 Å². The van der Waals surface area contributed by atoms with Crippen molar-refractivity contribution in [1.82, 2.24) is 9.80 Å². The van der Waals surface area contributed by atoms with Crippen molar-refractivity contribution in [2.45, 2.75) is 24.0 Å². The van der Waals surface area contributed by atoms with Crippen LogP contribution in [0.15, 0.2) is 65.6 Å². The SMILES string of the molecule is Cc1ccc(S[C@H](C)C(=O)N2CCN(C/C=C/c3ccccc3)CC2)cc1. The van der Waals surface area contributed by atoms with Gasteiger partial charge in [-0.25, -0.2) is 0 Å². The number of hydrogen-bond donors (Lipinski definition) is 0. The third-order valence-electron chi connectivity index (χ3n) is 4.84. The fourth-order valence-electron chi connectivity index (χ4n) is 3.18. The van der Waals surface area contributed by atoms with E-state index in [9.17, 15) is 4.79 Å². The van der Waals surface area contributed by atoms with E-state index in [1.807, 2.05) is 17.9 Å². The molecule has 1 heterocycles. The Morgan fingerprint density at radius 3 is 2.37 bits per heavy atom. The molecule has 1 saturated heterocycles. The monoisotopic (exact) mass is 380 g/mol. The van der Waals surface area contributed by atoms with Crippen LogP contribution in [0.5, 0.6) is 0 Å². The number of benzene rings is 2. The molecule has 142 valence electrons. The molecule has 0 aromatic heterocycles. The van der Waals surface area contributed by atoms with Crippen LogP contribution in [-0.2, 0) is 4.79 Å². The topological polar surface area (TPSA) is 23.6 Å². The van der Waals surface area contributed by atoms with E-state index in [2.05, 4.69) is 72.5 Å². The maximum absolute atomic E-state index is 12.7. The highest BCUT2D eigenvalue weighted by Crippen LogP contribution is 2.25. The summed E-state index contributed by atoms with van der Waals surface area (Å²) in [6.45, 7) is 8.54. The Balaban J connectivity index is 1.43. The molecule has 0 spiro atoms. The number of rotatable bonds is 6. The third-order valence-corrected chi connectivity index (χ3v) is 5.94. The molecule has 3 rings (SSSR count). The highest BCUT2D eigenvalue weighted by Gasteiger charge is 2.25. The molecule has 0 saturated carbocycles. The van der Waals surface area contributed by atoms with Gasteiger partial charge in [0, 0.05) is 37.6 Å². The Labute approximate surface area is 167 Å². The predicted octanol–water partition coefficient (Wildman–Crippen LogP) is 4.33. The minimum absolute atomic E-state index is 0.0442. The second-order valence-electron chi connectivity index (χ2n) is 7.01. The number of aryl methyl sites for hydroxylation is 1. The lowest BCUT2D eigenvalue weighted by Gasteiger charge is -2.35. The minimum Gasteiger partial charge on any atom is -0.339 e. The fraction of sp³-hybridized carbons (Fsp3) is 0.348. The normalized spacial score (nSPS) is 16.6. The quantitative estimate of drug-likeness (QED) is 0.697. The second-order valence-corrected chi connectivity index (χ2v) is 8.43. The number of nitrogens with zero attached hydrogens (tertiary/aromatic N) is 2. The molecule has 3 nitrogen and oxygen atoms in total. The molecule has 2 aromatic carbocycles. The highest BCUT2D eigenvalue weighted by molar-refractivity contribution is 8.00. The molecule has 1 amide bonds. The molecule has 27 heavy (non-hydrogen) atoms. The van der Waals surface area contributed by atoms with Gasteiger partial charge in [0.25, 0.3) is 0 Å². The number of carbonyl (C=O) groups is 1. The standard InChI is InChI=1S/C23H28N2OS/c1-19-10-12-22(13-11-19)27-20(2)23(26)25-17-15-24(16-18-25)14-6-9-21-7-4-3-5-8-21/h3-13,20H,14-18H2,1-2H3/b9-6+/t20-/m1/s1. The summed E-state index contributed by atoms with van der Waals surface area (Å²) in [5, 5.41) is -0.0442. The smallest absolute Gasteiger partial charge is 0.235 e. The van der Waals surface area contributed by atoms with Gasteiger partial charge in [0.15, 0.2) is 0 Å². The van der Waals surface area contributed by atoms with Crippen molar-refractivity contribution in [3.05, 3.63) is 71.8 Å². The van der Waals surface area contributed by atoms with E-state index in [-0.39, 0.29) is 11.2 Å². The number of piperazine rings is 1. The maximum Gasteiger partial charge on any atom is 0.235 e. The lowest BCUT2D eigenvalue weighted by Crippen LogP contribution is -2.50. The van der Waals surface area contributed by atoms with Crippen LogP contribution in [-0.4, -0.2) is 53.7 Å². The molecule has 1 fully saturated rings. The Morgan fingerprint density at radius 1 is 1.04 bits per heavy atom. The largest absolute Gasteiger partial charge is 0.339 e. The number of hydrogen-bond acceptors (Lipinski definition) is 3. The summed E-state index contributed by atoms with van der Waals surface area (Å²) in [6.07, 6.45) is 4.38. The van der Waals surface area contributed by atoms with Crippen LogP contribution < -0.4 is 0 Å². The van der Waals surface area contributed by atoms with Gasteiger partial charge >= 0.3 is 0 Å². The Bertz CT molecular complexity index is 750. The number of carbonyl (C=O) groups excluding carboxylic acids is 1. The maximum atomic E-state index is 12.7. The van der Waals surface area contributed by atoms with Gasteiger partial charge in [-0.15, -0.1) is 11.8 Å². The fourth-order valence-corrected chi connectivity index (χ4v) is 4.13. The van der Waals surface area contributed by atoms with Crippen molar-refractivity contribution in [2.24, 2.45) is 0 Å².